The second kappa shape index (κ2) is 23.7. The van der Waals surface area contributed by atoms with Crippen LogP contribution in [0.25, 0.3) is 0 Å². The van der Waals surface area contributed by atoms with Gasteiger partial charge in [0.05, 0.1) is 16.7 Å². The molecule has 3 unspecified atom stereocenters. The lowest BCUT2D eigenvalue weighted by atomic mass is 9.97. The molecule has 0 aliphatic carbocycles. The van der Waals surface area contributed by atoms with E-state index in [1.54, 1.807) is 19.1 Å². The quantitative estimate of drug-likeness (QED) is 0.0724. The smallest absolute Gasteiger partial charge is 0.243 e. The standard InChI is InChI=1S/C39H66N6O8S/c1-11-14-32(43-39(51)35(26(7)12-2)44-33(47)16-13-15-27(8)46)37(49)42-30(21-24(3)4)23-40-28(9)36(48)45-34(25(5)6)38(50)41-22-29-17-19-31(20-18-29)54(10,52)53/h17-20,24-26,28,30,32,34-35,40,46H,8,11-16,21-23H2,1-7,9-10H3,(H,41,50)(H,42,49)(H,43,51)(H,44,47)(H,45,48)/t26-,28-,30?,32-,34?,35?/m0/s1. The summed E-state index contributed by atoms with van der Waals surface area (Å²) in [4.78, 5) is 66.3. The van der Waals surface area contributed by atoms with Gasteiger partial charge in [-0.1, -0.05) is 80.0 Å². The lowest BCUT2D eigenvalue weighted by Gasteiger charge is -2.29. The zero-order valence-corrected chi connectivity index (χ0v) is 34.5. The Morgan fingerprint density at radius 3 is 1.94 bits per heavy atom. The van der Waals surface area contributed by atoms with Crippen molar-refractivity contribution in [2.75, 3.05) is 12.8 Å². The van der Waals surface area contributed by atoms with Gasteiger partial charge >= 0.3 is 0 Å². The molecule has 6 atom stereocenters. The van der Waals surface area contributed by atoms with Gasteiger partial charge in [0, 0.05) is 38.2 Å². The van der Waals surface area contributed by atoms with Crippen molar-refractivity contribution in [3.63, 3.8) is 0 Å². The van der Waals surface area contributed by atoms with Gasteiger partial charge in [0.1, 0.15) is 18.1 Å². The zero-order valence-electron chi connectivity index (χ0n) is 33.7. The van der Waals surface area contributed by atoms with Gasteiger partial charge in [-0.25, -0.2) is 8.42 Å². The van der Waals surface area contributed by atoms with E-state index in [1.807, 2.05) is 48.5 Å². The fourth-order valence-corrected chi connectivity index (χ4v) is 6.29. The third kappa shape index (κ3) is 17.9. The van der Waals surface area contributed by atoms with Crippen LogP contribution in [0.15, 0.2) is 41.5 Å². The molecule has 0 saturated carbocycles. The van der Waals surface area contributed by atoms with Crippen LogP contribution >= 0.6 is 0 Å². The summed E-state index contributed by atoms with van der Waals surface area (Å²) < 4.78 is 23.5. The number of nitrogens with one attached hydrogen (secondary N) is 6. The largest absolute Gasteiger partial charge is 0.513 e. The van der Waals surface area contributed by atoms with E-state index in [4.69, 9.17) is 0 Å². The molecular weight excluding hydrogens is 713 g/mol. The van der Waals surface area contributed by atoms with Crippen molar-refractivity contribution in [2.24, 2.45) is 17.8 Å². The van der Waals surface area contributed by atoms with Crippen LogP contribution in [-0.2, 0) is 40.4 Å². The molecule has 0 spiro atoms. The van der Waals surface area contributed by atoms with E-state index >= 15 is 0 Å². The van der Waals surface area contributed by atoms with Gasteiger partial charge in [-0.05, 0) is 61.6 Å². The maximum Gasteiger partial charge on any atom is 0.243 e. The van der Waals surface area contributed by atoms with Gasteiger partial charge < -0.3 is 37.0 Å². The van der Waals surface area contributed by atoms with Crippen LogP contribution in [0.4, 0.5) is 0 Å². The number of hydrogen-bond acceptors (Lipinski definition) is 9. The summed E-state index contributed by atoms with van der Waals surface area (Å²) in [7, 11) is -3.34. The fourth-order valence-electron chi connectivity index (χ4n) is 5.66. The van der Waals surface area contributed by atoms with Crippen molar-refractivity contribution < 1.29 is 37.5 Å². The molecule has 7 N–H and O–H groups in total. The number of carbonyl (C=O) groups excluding carboxylic acids is 5. The monoisotopic (exact) mass is 778 g/mol. The Balaban J connectivity index is 2.91. The van der Waals surface area contributed by atoms with Crippen molar-refractivity contribution in [1.29, 1.82) is 0 Å². The summed E-state index contributed by atoms with van der Waals surface area (Å²) in [6, 6.07) is 2.60. The minimum atomic E-state index is -3.34. The highest BCUT2D eigenvalue weighted by molar-refractivity contribution is 7.90. The van der Waals surface area contributed by atoms with Crippen molar-refractivity contribution in [3.05, 3.63) is 42.2 Å². The Kier molecular flexibility index (Phi) is 21.1. The van der Waals surface area contributed by atoms with Crippen LogP contribution in [0.2, 0.25) is 0 Å². The number of aliphatic hydroxyl groups is 1. The van der Waals surface area contributed by atoms with E-state index in [-0.39, 0.29) is 78.1 Å². The van der Waals surface area contributed by atoms with E-state index in [1.165, 1.54) is 12.1 Å². The molecule has 1 aromatic carbocycles. The first-order valence-electron chi connectivity index (χ1n) is 19.1. The van der Waals surface area contributed by atoms with Crippen LogP contribution in [0, 0.1) is 17.8 Å². The van der Waals surface area contributed by atoms with Gasteiger partial charge in [0.15, 0.2) is 9.84 Å². The molecule has 0 bridgehead atoms. The third-order valence-corrected chi connectivity index (χ3v) is 10.3. The number of rotatable bonds is 25. The van der Waals surface area contributed by atoms with Crippen LogP contribution in [-0.4, -0.2) is 86.1 Å². The Labute approximate surface area is 322 Å². The summed E-state index contributed by atoms with van der Waals surface area (Å²) in [5.41, 5.74) is 0.707. The first-order valence-corrected chi connectivity index (χ1v) is 21.0. The average molecular weight is 779 g/mol. The predicted molar refractivity (Wildman–Crippen MR) is 211 cm³/mol. The minimum absolute atomic E-state index is 0.00779. The number of hydrogen-bond donors (Lipinski definition) is 7. The SMILES string of the molecule is C=C(O)CCCC(=O)NC(C(=O)N[C@@H](CCC)C(=O)NC(CN[C@@H](C)C(=O)NC(C(=O)NCc1ccc(S(C)(=O)=O)cc1)C(C)C)CC(C)C)[C@@H](C)CC. The maximum absolute atomic E-state index is 13.6. The lowest BCUT2D eigenvalue weighted by molar-refractivity contribution is -0.133. The normalized spacial score (nSPS) is 14.9. The topological polar surface area (TPSA) is 212 Å². The Bertz CT molecular complexity index is 1500. The molecule has 1 rings (SSSR count). The van der Waals surface area contributed by atoms with Gasteiger partial charge in [0.25, 0.3) is 0 Å². The number of carbonyl (C=O) groups is 5. The molecule has 5 amide bonds. The van der Waals surface area contributed by atoms with Crippen molar-refractivity contribution in [2.45, 2.75) is 142 Å². The molecule has 0 radical (unpaired) electrons. The summed E-state index contributed by atoms with van der Waals surface area (Å²) in [6.45, 7) is 18.9. The molecule has 0 aliphatic heterocycles. The Morgan fingerprint density at radius 2 is 1.43 bits per heavy atom. The average Bonchev–Trinajstić information content (AvgIpc) is 3.09. The first-order chi connectivity index (χ1) is 25.2. The number of benzene rings is 1. The molecule has 0 saturated heterocycles. The minimum Gasteiger partial charge on any atom is -0.513 e. The van der Waals surface area contributed by atoms with Crippen LogP contribution < -0.4 is 31.9 Å². The highest BCUT2D eigenvalue weighted by Gasteiger charge is 2.31. The maximum atomic E-state index is 13.6. The van der Waals surface area contributed by atoms with Gasteiger partial charge in [-0.3, -0.25) is 24.0 Å². The predicted octanol–water partition coefficient (Wildman–Crippen LogP) is 3.41. The molecule has 54 heavy (non-hydrogen) atoms. The highest BCUT2D eigenvalue weighted by atomic mass is 32.2. The molecule has 15 heteroatoms. The number of allylic oxidation sites excluding steroid dienone is 1. The highest BCUT2D eigenvalue weighted by Crippen LogP contribution is 2.13. The molecule has 306 valence electrons. The zero-order chi connectivity index (χ0) is 41.2. The van der Waals surface area contributed by atoms with Gasteiger partial charge in [-0.2, -0.15) is 0 Å². The van der Waals surface area contributed by atoms with Crippen LogP contribution in [0.5, 0.6) is 0 Å². The molecule has 0 fully saturated rings. The second-order valence-corrected chi connectivity index (χ2v) is 17.0. The number of aliphatic hydroxyl groups excluding tert-OH is 1. The summed E-state index contributed by atoms with van der Waals surface area (Å²) in [6.07, 6.45) is 4.13. The molecule has 14 nitrogen and oxygen atoms in total. The molecule has 0 heterocycles. The fraction of sp³-hybridized carbons (Fsp3) is 0.667. The Morgan fingerprint density at radius 1 is 0.796 bits per heavy atom. The first kappa shape index (κ1) is 48.0. The van der Waals surface area contributed by atoms with E-state index < -0.39 is 45.8 Å². The number of sulfone groups is 1. The molecule has 1 aromatic rings. The van der Waals surface area contributed by atoms with Crippen LogP contribution in [0.3, 0.4) is 0 Å². The summed E-state index contributed by atoms with van der Waals surface area (Å²) >= 11 is 0. The van der Waals surface area contributed by atoms with Gasteiger partial charge in [-0.15, -0.1) is 0 Å². The summed E-state index contributed by atoms with van der Waals surface area (Å²) in [5.74, 6) is -2.15. The van der Waals surface area contributed by atoms with E-state index in [0.29, 0.717) is 37.7 Å². The van der Waals surface area contributed by atoms with E-state index in [0.717, 1.165) is 6.26 Å². The van der Waals surface area contributed by atoms with Crippen LogP contribution in [0.1, 0.15) is 106 Å². The van der Waals surface area contributed by atoms with Gasteiger partial charge in [0.2, 0.25) is 29.5 Å². The summed E-state index contributed by atoms with van der Waals surface area (Å²) in [5, 5.41) is 26.9. The molecular formula is C39H66N6O8S. The van der Waals surface area contributed by atoms with Crippen molar-refractivity contribution in [1.82, 2.24) is 31.9 Å². The Hall–Kier alpha value is -3.98. The molecule has 0 aliphatic rings. The third-order valence-electron chi connectivity index (χ3n) is 9.12. The van der Waals surface area contributed by atoms with Crippen molar-refractivity contribution >= 4 is 39.4 Å². The number of amides is 5. The van der Waals surface area contributed by atoms with E-state index in [2.05, 4.69) is 38.5 Å². The van der Waals surface area contributed by atoms with E-state index in [9.17, 15) is 37.5 Å². The van der Waals surface area contributed by atoms with Crippen molar-refractivity contribution in [3.8, 4) is 0 Å². The second-order valence-electron chi connectivity index (χ2n) is 15.0. The molecule has 0 aromatic heterocycles. The lowest BCUT2D eigenvalue weighted by Crippen LogP contribution is -2.58.